The van der Waals surface area contributed by atoms with Gasteiger partial charge in [-0.1, -0.05) is 79.2 Å². The number of likely N-dealkylation sites (tertiary alicyclic amines) is 1. The Kier molecular flexibility index (Phi) is 8.71. The van der Waals surface area contributed by atoms with Crippen molar-refractivity contribution in [3.8, 4) is 5.75 Å². The second kappa shape index (κ2) is 12.7. The van der Waals surface area contributed by atoms with Gasteiger partial charge in [0.1, 0.15) is 11.3 Å². The number of hydrazone groups is 1. The number of benzene rings is 3. The van der Waals surface area contributed by atoms with Crippen LogP contribution in [0.1, 0.15) is 48.8 Å². The molecule has 1 aromatic heterocycles. The predicted molar refractivity (Wildman–Crippen MR) is 158 cm³/mol. The predicted octanol–water partition coefficient (Wildman–Crippen LogP) is 5.47. The van der Waals surface area contributed by atoms with Crippen molar-refractivity contribution >= 4 is 22.6 Å². The molecule has 206 valence electrons. The molecule has 2 N–H and O–H groups in total. The Labute approximate surface area is 234 Å². The average Bonchev–Trinajstić information content (AvgIpc) is 2.98. The molecular formula is C33H35N3O4. The highest BCUT2D eigenvalue weighted by atomic mass is 16.4. The minimum Gasteiger partial charge on any atom is -0.507 e. The summed E-state index contributed by atoms with van der Waals surface area (Å²) in [5.74, 6) is -1.15. The van der Waals surface area contributed by atoms with Gasteiger partial charge in [-0.05, 0) is 56.1 Å². The van der Waals surface area contributed by atoms with E-state index >= 15 is 0 Å². The van der Waals surface area contributed by atoms with Crippen molar-refractivity contribution < 1.29 is 14.3 Å². The average molecular weight is 538 g/mol. The minimum absolute atomic E-state index is 0.0785. The molecule has 4 aromatic rings. The Hall–Kier alpha value is -4.23. The molecule has 1 saturated heterocycles. The van der Waals surface area contributed by atoms with E-state index in [-0.39, 0.29) is 29.6 Å². The van der Waals surface area contributed by atoms with Gasteiger partial charge in [-0.3, -0.25) is 4.79 Å². The Bertz CT molecular complexity index is 1530. The summed E-state index contributed by atoms with van der Waals surface area (Å²) in [7, 11) is 0. The lowest BCUT2D eigenvalue weighted by Crippen LogP contribution is -2.40. The van der Waals surface area contributed by atoms with E-state index in [4.69, 9.17) is 4.42 Å². The van der Waals surface area contributed by atoms with Crippen LogP contribution in [-0.4, -0.2) is 41.3 Å². The number of hydrogen-bond donors (Lipinski definition) is 2. The van der Waals surface area contributed by atoms with Crippen LogP contribution in [0.15, 0.2) is 99.2 Å². The van der Waals surface area contributed by atoms with Gasteiger partial charge in [-0.15, -0.1) is 0 Å². The number of nitrogens with zero attached hydrogens (tertiary/aromatic N) is 2. The molecule has 2 heterocycles. The monoisotopic (exact) mass is 537 g/mol. The van der Waals surface area contributed by atoms with E-state index in [9.17, 15) is 14.7 Å². The molecule has 0 radical (unpaired) electrons. The van der Waals surface area contributed by atoms with Crippen LogP contribution in [0.25, 0.3) is 11.0 Å². The fourth-order valence-electron chi connectivity index (χ4n) is 5.64. The molecule has 3 aromatic carbocycles. The normalized spacial score (nSPS) is 16.0. The highest BCUT2D eigenvalue weighted by Crippen LogP contribution is 2.39. The zero-order valence-electron chi connectivity index (χ0n) is 22.8. The van der Waals surface area contributed by atoms with Gasteiger partial charge in [0.25, 0.3) is 0 Å². The van der Waals surface area contributed by atoms with Crippen LogP contribution in [0.2, 0.25) is 0 Å². The Balaban J connectivity index is 1.57. The molecule has 40 heavy (non-hydrogen) atoms. The van der Waals surface area contributed by atoms with Crippen molar-refractivity contribution in [2.75, 3.05) is 19.6 Å². The minimum atomic E-state index is -0.574. The molecule has 1 fully saturated rings. The number of piperidine rings is 1. The number of fused-ring (bicyclic) bond motifs is 1. The molecular weight excluding hydrogens is 502 g/mol. The van der Waals surface area contributed by atoms with Crippen LogP contribution >= 0.6 is 0 Å². The Morgan fingerprint density at radius 1 is 0.950 bits per heavy atom. The number of aromatic hydroxyl groups is 1. The van der Waals surface area contributed by atoms with Gasteiger partial charge < -0.3 is 14.4 Å². The molecule has 1 amide bonds. The Morgan fingerprint density at radius 3 is 2.33 bits per heavy atom. The van der Waals surface area contributed by atoms with Gasteiger partial charge in [-0.2, -0.15) is 5.10 Å². The number of nitrogens with one attached hydrogen (secondary N) is 1. The second-order valence-corrected chi connectivity index (χ2v) is 10.5. The maximum Gasteiger partial charge on any atom is 0.343 e. The van der Waals surface area contributed by atoms with Crippen molar-refractivity contribution in [2.45, 2.75) is 38.5 Å². The van der Waals surface area contributed by atoms with E-state index in [1.54, 1.807) is 18.2 Å². The molecule has 1 aliphatic heterocycles. The van der Waals surface area contributed by atoms with Crippen molar-refractivity contribution in [1.82, 2.24) is 10.3 Å². The van der Waals surface area contributed by atoms with E-state index in [2.05, 4.69) is 15.4 Å². The third-order valence-electron chi connectivity index (χ3n) is 7.70. The smallest absolute Gasteiger partial charge is 0.343 e. The van der Waals surface area contributed by atoms with Gasteiger partial charge in [0.05, 0.1) is 17.4 Å². The van der Waals surface area contributed by atoms with Gasteiger partial charge in [0, 0.05) is 24.1 Å². The first kappa shape index (κ1) is 27.3. The van der Waals surface area contributed by atoms with Crippen LogP contribution in [0, 0.1) is 5.92 Å². The van der Waals surface area contributed by atoms with Gasteiger partial charge in [0.2, 0.25) is 5.91 Å². The van der Waals surface area contributed by atoms with Gasteiger partial charge in [-0.25, -0.2) is 10.2 Å². The number of carbonyl (C=O) groups is 1. The molecule has 5 rings (SSSR count). The third-order valence-corrected chi connectivity index (χ3v) is 7.70. The first-order valence-corrected chi connectivity index (χ1v) is 13.9. The van der Waals surface area contributed by atoms with E-state index in [0.717, 1.165) is 37.1 Å². The molecule has 7 heteroatoms. The van der Waals surface area contributed by atoms with Crippen molar-refractivity contribution in [2.24, 2.45) is 11.0 Å². The molecule has 1 aliphatic rings. The van der Waals surface area contributed by atoms with E-state index in [1.807, 2.05) is 73.7 Å². The number of hydrogen-bond acceptors (Lipinski definition) is 6. The second-order valence-electron chi connectivity index (χ2n) is 10.5. The molecule has 0 unspecified atom stereocenters. The molecule has 2 atom stereocenters. The summed E-state index contributed by atoms with van der Waals surface area (Å²) >= 11 is 0. The lowest BCUT2D eigenvalue weighted by Gasteiger charge is -2.34. The number of para-hydroxylation sites is 1. The summed E-state index contributed by atoms with van der Waals surface area (Å²) in [6, 6.07) is 26.2. The lowest BCUT2D eigenvalue weighted by atomic mass is 9.78. The van der Waals surface area contributed by atoms with Crippen LogP contribution in [-0.2, 0) is 11.2 Å². The highest BCUT2D eigenvalue weighted by Gasteiger charge is 2.35. The van der Waals surface area contributed by atoms with E-state index < -0.39 is 11.5 Å². The zero-order chi connectivity index (χ0) is 27.9. The SMILES string of the molecule is C/C(=N/NC(=O)Cc1ccccc1)[C@@H](CN1CCCCC1)[C@@H](c1ccccc1)c1c(O)c2ccccc2oc1=O. The van der Waals surface area contributed by atoms with E-state index in [1.165, 1.54) is 6.42 Å². The van der Waals surface area contributed by atoms with Crippen molar-refractivity contribution in [1.29, 1.82) is 0 Å². The fourth-order valence-corrected chi connectivity index (χ4v) is 5.64. The van der Waals surface area contributed by atoms with Gasteiger partial charge >= 0.3 is 5.63 Å². The van der Waals surface area contributed by atoms with Crippen molar-refractivity contribution in [3.63, 3.8) is 0 Å². The van der Waals surface area contributed by atoms with Crippen LogP contribution in [0.4, 0.5) is 0 Å². The maximum absolute atomic E-state index is 13.5. The molecule has 0 spiro atoms. The summed E-state index contributed by atoms with van der Waals surface area (Å²) in [4.78, 5) is 28.7. The molecule has 7 nitrogen and oxygen atoms in total. The van der Waals surface area contributed by atoms with Gasteiger partial charge in [0.15, 0.2) is 0 Å². The zero-order valence-corrected chi connectivity index (χ0v) is 22.8. The standard InChI is InChI=1S/C33H35N3O4/c1-23(34-35-29(37)21-24-13-5-2-6-14-24)27(22-36-19-11-4-12-20-36)30(25-15-7-3-8-16-25)31-32(38)26-17-9-10-18-28(26)40-33(31)39/h2-3,5-10,13-18,27,30,38H,4,11-12,19-22H2,1H3,(H,35,37)/b34-23-/t27-,30-/m1/s1. The number of amides is 1. The number of rotatable bonds is 9. The largest absolute Gasteiger partial charge is 0.507 e. The summed E-state index contributed by atoms with van der Waals surface area (Å²) in [6.45, 7) is 4.40. The van der Waals surface area contributed by atoms with E-state index in [0.29, 0.717) is 23.2 Å². The first-order chi connectivity index (χ1) is 19.5. The third kappa shape index (κ3) is 6.32. The summed E-state index contributed by atoms with van der Waals surface area (Å²) in [6.07, 6.45) is 3.62. The fraction of sp³-hybridized carbons (Fsp3) is 0.303. The molecule has 0 bridgehead atoms. The molecule has 0 aliphatic carbocycles. The summed E-state index contributed by atoms with van der Waals surface area (Å²) in [5, 5.41) is 16.5. The number of carbonyl (C=O) groups excluding carboxylic acids is 1. The Morgan fingerprint density at radius 2 is 1.60 bits per heavy atom. The van der Waals surface area contributed by atoms with Crippen LogP contribution in [0.3, 0.4) is 0 Å². The van der Waals surface area contributed by atoms with Crippen LogP contribution < -0.4 is 11.1 Å². The maximum atomic E-state index is 13.5. The highest BCUT2D eigenvalue weighted by molar-refractivity contribution is 5.89. The lowest BCUT2D eigenvalue weighted by molar-refractivity contribution is -0.120. The summed E-state index contributed by atoms with van der Waals surface area (Å²) in [5.41, 5.74) is 5.15. The van der Waals surface area contributed by atoms with Crippen molar-refractivity contribution in [3.05, 3.63) is 112 Å². The first-order valence-electron chi connectivity index (χ1n) is 13.9. The van der Waals surface area contributed by atoms with Crippen LogP contribution in [0.5, 0.6) is 5.75 Å². The molecule has 0 saturated carbocycles. The summed E-state index contributed by atoms with van der Waals surface area (Å²) < 4.78 is 5.72. The topological polar surface area (TPSA) is 95.1 Å². The quantitative estimate of drug-likeness (QED) is 0.168.